The van der Waals surface area contributed by atoms with Crippen LogP contribution in [0.25, 0.3) is 22.4 Å². The van der Waals surface area contributed by atoms with Crippen LogP contribution in [0, 0.1) is 34.6 Å². The number of benzene rings is 2. The topological polar surface area (TPSA) is 77.7 Å². The van der Waals surface area contributed by atoms with Gasteiger partial charge >= 0.3 is 0 Å². The van der Waals surface area contributed by atoms with Crippen LogP contribution in [0.5, 0.6) is 0 Å². The van der Waals surface area contributed by atoms with Gasteiger partial charge in [0.15, 0.2) is 17.5 Å². The van der Waals surface area contributed by atoms with Crippen LogP contribution < -0.4 is 0 Å². The van der Waals surface area contributed by atoms with Gasteiger partial charge in [-0.1, -0.05) is 11.6 Å². The third-order valence-corrected chi connectivity index (χ3v) is 6.95. The van der Waals surface area contributed by atoms with Crippen LogP contribution in [0.15, 0.2) is 36.5 Å². The van der Waals surface area contributed by atoms with E-state index in [1.54, 1.807) is 14.0 Å². The fourth-order valence-corrected chi connectivity index (χ4v) is 5.10. The minimum Gasteiger partial charge on any atom is -0.352 e. The molecule has 1 aliphatic heterocycles. The van der Waals surface area contributed by atoms with E-state index in [2.05, 4.69) is 10.1 Å². The van der Waals surface area contributed by atoms with E-state index in [-0.39, 0.29) is 34.0 Å². The Hall–Kier alpha value is -4.10. The molecule has 1 amide bonds. The molecule has 188 valence electrons. The molecule has 1 N–H and O–H groups in total. The van der Waals surface area contributed by atoms with Crippen molar-refractivity contribution in [3.63, 3.8) is 0 Å². The van der Waals surface area contributed by atoms with Crippen LogP contribution in [0.1, 0.15) is 40.3 Å². The second-order valence-corrected chi connectivity index (χ2v) is 9.12. The Morgan fingerprint density at radius 2 is 1.84 bits per heavy atom. The number of hydrogen-bond acceptors (Lipinski definition) is 3. The number of amides is 1. The predicted molar refractivity (Wildman–Crippen MR) is 128 cm³/mol. The molecule has 2 aromatic carbocycles. The summed E-state index contributed by atoms with van der Waals surface area (Å²) in [5.41, 5.74) is 2.63. The molecule has 1 atom stereocenters. The number of carbonyl (C=O) groups excluding carboxylic acids is 1. The molecule has 0 fully saturated rings. The summed E-state index contributed by atoms with van der Waals surface area (Å²) in [6.07, 6.45) is 1.79. The van der Waals surface area contributed by atoms with E-state index in [1.807, 2.05) is 6.07 Å². The van der Waals surface area contributed by atoms with Gasteiger partial charge in [-0.15, -0.1) is 0 Å². The summed E-state index contributed by atoms with van der Waals surface area (Å²) in [5, 5.41) is 13.6. The van der Waals surface area contributed by atoms with Crippen LogP contribution >= 0.6 is 11.6 Å². The Bertz CT molecular complexity index is 1600. The Morgan fingerprint density at radius 1 is 1.14 bits per heavy atom. The molecular weight excluding hydrogens is 510 g/mol. The molecule has 0 bridgehead atoms. The van der Waals surface area contributed by atoms with Crippen molar-refractivity contribution in [3.05, 3.63) is 87.3 Å². The average molecular weight is 528 g/mol. The maximum Gasteiger partial charge on any atom is 0.256 e. The third kappa shape index (κ3) is 4.05. The highest BCUT2D eigenvalue weighted by Gasteiger charge is 2.35. The molecular formula is C26H18ClF4N5O. The first kappa shape index (κ1) is 24.6. The standard InChI is InChI=1S/C26H18ClF4N5O/c1-12-24-17(25(35(2)34-24)13-6-20(29)23(31)21(30)7-13)3-4-36(12)26(37)19-9-15(28)8-18(22(19)27)14-5-16(10-32)33-11-14/h5-9,11-12,33H,3-4H2,1-2H3/t12-/m1/s1. The minimum atomic E-state index is -1.56. The summed E-state index contributed by atoms with van der Waals surface area (Å²) in [5.74, 6) is -5.38. The Morgan fingerprint density at radius 3 is 2.49 bits per heavy atom. The van der Waals surface area contributed by atoms with Gasteiger partial charge in [-0.3, -0.25) is 9.48 Å². The molecule has 11 heteroatoms. The zero-order valence-corrected chi connectivity index (χ0v) is 20.3. The molecule has 0 aliphatic carbocycles. The molecule has 0 saturated heterocycles. The van der Waals surface area contributed by atoms with Crippen molar-refractivity contribution in [1.82, 2.24) is 19.7 Å². The number of rotatable bonds is 3. The molecule has 0 spiro atoms. The summed E-state index contributed by atoms with van der Waals surface area (Å²) in [6, 6.07) is 6.93. The number of carbonyl (C=O) groups is 1. The van der Waals surface area contributed by atoms with E-state index in [4.69, 9.17) is 16.9 Å². The number of nitriles is 1. The second-order valence-electron chi connectivity index (χ2n) is 8.74. The smallest absolute Gasteiger partial charge is 0.256 e. The molecule has 4 aromatic rings. The monoisotopic (exact) mass is 527 g/mol. The average Bonchev–Trinajstić information content (AvgIpc) is 3.47. The lowest BCUT2D eigenvalue weighted by molar-refractivity contribution is 0.0673. The fraction of sp³-hybridized carbons (Fsp3) is 0.192. The summed E-state index contributed by atoms with van der Waals surface area (Å²) in [6.45, 7) is 1.93. The fourth-order valence-electron chi connectivity index (χ4n) is 4.80. The first-order valence-corrected chi connectivity index (χ1v) is 11.6. The van der Waals surface area contributed by atoms with E-state index < -0.39 is 35.2 Å². The Balaban J connectivity index is 1.52. The molecule has 5 rings (SSSR count). The van der Waals surface area contributed by atoms with E-state index in [9.17, 15) is 22.4 Å². The molecule has 3 heterocycles. The molecule has 2 aromatic heterocycles. The van der Waals surface area contributed by atoms with Gasteiger partial charge in [0.1, 0.15) is 17.6 Å². The molecule has 1 aliphatic rings. The summed E-state index contributed by atoms with van der Waals surface area (Å²) in [7, 11) is 1.59. The van der Waals surface area contributed by atoms with Crippen LogP contribution in [-0.4, -0.2) is 32.1 Å². The van der Waals surface area contributed by atoms with Gasteiger partial charge < -0.3 is 9.88 Å². The van der Waals surface area contributed by atoms with Crippen LogP contribution in [0.3, 0.4) is 0 Å². The first-order valence-electron chi connectivity index (χ1n) is 11.2. The molecule has 6 nitrogen and oxygen atoms in total. The van der Waals surface area contributed by atoms with Crippen molar-refractivity contribution < 1.29 is 22.4 Å². The third-order valence-electron chi connectivity index (χ3n) is 6.54. The second kappa shape index (κ2) is 9.09. The number of aromatic nitrogens is 3. The van der Waals surface area contributed by atoms with E-state index >= 15 is 0 Å². The number of hydrogen-bond donors (Lipinski definition) is 1. The van der Waals surface area contributed by atoms with E-state index in [1.165, 1.54) is 27.9 Å². The van der Waals surface area contributed by atoms with Crippen molar-refractivity contribution in [2.75, 3.05) is 6.54 Å². The Labute approximate surface area is 213 Å². The number of aromatic amines is 1. The van der Waals surface area contributed by atoms with Crippen molar-refractivity contribution in [1.29, 1.82) is 5.26 Å². The highest BCUT2D eigenvalue weighted by atomic mass is 35.5. The Kier molecular flexibility index (Phi) is 6.04. The number of H-pyrrole nitrogens is 1. The van der Waals surface area contributed by atoms with Crippen molar-refractivity contribution in [2.24, 2.45) is 7.05 Å². The first-order chi connectivity index (χ1) is 17.6. The maximum absolute atomic E-state index is 14.6. The molecule has 0 unspecified atom stereocenters. The maximum atomic E-state index is 14.6. The van der Waals surface area contributed by atoms with Gasteiger partial charge in [0.2, 0.25) is 0 Å². The summed E-state index contributed by atoms with van der Waals surface area (Å²) < 4.78 is 57.3. The molecule has 0 radical (unpaired) electrons. The highest BCUT2D eigenvalue weighted by molar-refractivity contribution is 6.36. The summed E-state index contributed by atoms with van der Waals surface area (Å²) in [4.78, 5) is 17.8. The quantitative estimate of drug-likeness (QED) is 0.265. The number of halogens is 5. The van der Waals surface area contributed by atoms with Crippen molar-refractivity contribution in [2.45, 2.75) is 19.4 Å². The summed E-state index contributed by atoms with van der Waals surface area (Å²) >= 11 is 6.55. The van der Waals surface area contributed by atoms with Crippen molar-refractivity contribution >= 4 is 17.5 Å². The normalized spacial score (nSPS) is 15.0. The zero-order chi connectivity index (χ0) is 26.6. The van der Waals surface area contributed by atoms with Gasteiger partial charge in [0, 0.05) is 42.0 Å². The van der Waals surface area contributed by atoms with Crippen LogP contribution in [-0.2, 0) is 13.5 Å². The molecule has 0 saturated carbocycles. The number of nitrogens with zero attached hydrogens (tertiary/aromatic N) is 4. The van der Waals surface area contributed by atoms with E-state index in [0.29, 0.717) is 28.9 Å². The number of fused-ring (bicyclic) bond motifs is 1. The van der Waals surface area contributed by atoms with Gasteiger partial charge in [0.25, 0.3) is 5.91 Å². The zero-order valence-electron chi connectivity index (χ0n) is 19.5. The lowest BCUT2D eigenvalue weighted by atomic mass is 9.94. The lowest BCUT2D eigenvalue weighted by Crippen LogP contribution is -2.39. The van der Waals surface area contributed by atoms with Crippen LogP contribution in [0.4, 0.5) is 17.6 Å². The van der Waals surface area contributed by atoms with Gasteiger partial charge in [-0.05, 0) is 43.7 Å². The highest BCUT2D eigenvalue weighted by Crippen LogP contribution is 2.39. The van der Waals surface area contributed by atoms with E-state index in [0.717, 1.165) is 18.2 Å². The minimum absolute atomic E-state index is 0.0341. The van der Waals surface area contributed by atoms with Crippen LogP contribution in [0.2, 0.25) is 5.02 Å². The van der Waals surface area contributed by atoms with Gasteiger partial charge in [-0.25, -0.2) is 17.6 Å². The molecule has 37 heavy (non-hydrogen) atoms. The van der Waals surface area contributed by atoms with Crippen molar-refractivity contribution in [3.8, 4) is 28.5 Å². The van der Waals surface area contributed by atoms with Gasteiger partial charge in [-0.2, -0.15) is 10.4 Å². The predicted octanol–water partition coefficient (Wildman–Crippen LogP) is 5.92. The lowest BCUT2D eigenvalue weighted by Gasteiger charge is -2.33. The number of aryl methyl sites for hydroxylation is 1. The number of nitrogens with one attached hydrogen (secondary N) is 1. The SMILES string of the molecule is C[C@@H]1c2nn(C)c(-c3cc(F)c(F)c(F)c3)c2CCN1C(=O)c1cc(F)cc(-c2c[nH]c(C#N)c2)c1Cl. The van der Waals surface area contributed by atoms with Gasteiger partial charge in [0.05, 0.1) is 28.0 Å². The largest absolute Gasteiger partial charge is 0.352 e.